The number of benzene rings is 4. The van der Waals surface area contributed by atoms with E-state index in [0.717, 1.165) is 50.6 Å². The smallest absolute Gasteiger partial charge is 0.340 e. The highest BCUT2D eigenvalue weighted by Crippen LogP contribution is 2.42. The van der Waals surface area contributed by atoms with E-state index in [0.29, 0.717) is 17.1 Å². The van der Waals surface area contributed by atoms with E-state index >= 15 is 0 Å². The number of allylic oxidation sites excluding steroid dienone is 2. The molecular weight excluding hydrogens is 580 g/mol. The van der Waals surface area contributed by atoms with E-state index in [1.807, 2.05) is 102 Å². The van der Waals surface area contributed by atoms with Crippen molar-refractivity contribution < 1.29 is 9.53 Å². The van der Waals surface area contributed by atoms with Gasteiger partial charge in [0.15, 0.2) is 0 Å². The lowest BCUT2D eigenvalue weighted by Crippen LogP contribution is -2.29. The zero-order chi connectivity index (χ0) is 31.9. The predicted octanol–water partition coefficient (Wildman–Crippen LogP) is 8.73. The van der Waals surface area contributed by atoms with Crippen molar-refractivity contribution in [3.05, 3.63) is 163 Å². The highest BCUT2D eigenvalue weighted by molar-refractivity contribution is 6.18. The Balaban J connectivity index is 1.46. The van der Waals surface area contributed by atoms with Gasteiger partial charge in [-0.05, 0) is 55.3 Å². The van der Waals surface area contributed by atoms with Crippen LogP contribution in [0, 0.1) is 19.8 Å². The number of aromatic nitrogens is 4. The Morgan fingerprint density at radius 1 is 0.702 bits per heavy atom. The predicted molar refractivity (Wildman–Crippen MR) is 186 cm³/mol. The molecule has 1 aliphatic heterocycles. The summed E-state index contributed by atoms with van der Waals surface area (Å²) in [7, 11) is 0. The average Bonchev–Trinajstić information content (AvgIpc) is 3.72. The van der Waals surface area contributed by atoms with Crippen LogP contribution in [0.25, 0.3) is 50.9 Å². The second-order valence-corrected chi connectivity index (χ2v) is 12.0. The SMILES string of the molecule is Cc1cc(C)cc(-n2c(-c3cn(-c4ccccc4)nc3C3=CC4C=CC=CC4OC3=O)nc(-c3ccccc3)c2-c2ccccc2)c1. The molecule has 0 saturated heterocycles. The van der Waals surface area contributed by atoms with Crippen LogP contribution in [0.4, 0.5) is 0 Å². The van der Waals surface area contributed by atoms with Crippen molar-refractivity contribution in [3.63, 3.8) is 0 Å². The third-order valence-corrected chi connectivity index (χ3v) is 8.61. The summed E-state index contributed by atoms with van der Waals surface area (Å²) >= 11 is 0. The zero-order valence-electron chi connectivity index (χ0n) is 26.1. The molecule has 6 aromatic rings. The fraction of sp³-hybridized carbons (Fsp3) is 0.0976. The standard InChI is InChI=1S/C41H32N4O2/c1-27-22-28(2)24-33(23-27)45-39(30-16-8-4-9-17-30)37(29-14-6-3-7-15-29)42-40(45)35-26-44(32-19-10-5-11-20-32)43-38(35)34-25-31-18-12-13-21-36(31)47-41(34)46/h3-26,31,36H,1-2H3. The van der Waals surface area contributed by atoms with Crippen molar-refractivity contribution in [2.75, 3.05) is 0 Å². The van der Waals surface area contributed by atoms with Crippen molar-refractivity contribution in [3.8, 4) is 45.3 Å². The van der Waals surface area contributed by atoms with Gasteiger partial charge in [0, 0.05) is 28.9 Å². The Bertz CT molecular complexity index is 2190. The molecule has 0 amide bonds. The first-order valence-corrected chi connectivity index (χ1v) is 15.8. The Hall–Kier alpha value is -6.01. The summed E-state index contributed by atoms with van der Waals surface area (Å²) < 4.78 is 10.00. The van der Waals surface area contributed by atoms with Gasteiger partial charge in [-0.1, -0.05) is 109 Å². The van der Waals surface area contributed by atoms with E-state index in [1.165, 1.54) is 0 Å². The maximum absolute atomic E-state index is 13.7. The molecule has 2 atom stereocenters. The molecule has 6 nitrogen and oxygen atoms in total. The molecule has 0 saturated carbocycles. The maximum Gasteiger partial charge on any atom is 0.340 e. The van der Waals surface area contributed by atoms with Crippen molar-refractivity contribution >= 4 is 11.5 Å². The molecule has 0 N–H and O–H groups in total. The van der Waals surface area contributed by atoms with Crippen LogP contribution in [0.1, 0.15) is 16.8 Å². The van der Waals surface area contributed by atoms with Gasteiger partial charge in [-0.3, -0.25) is 4.57 Å². The van der Waals surface area contributed by atoms with Crippen LogP contribution in [-0.4, -0.2) is 31.4 Å². The number of fused-ring (bicyclic) bond motifs is 1. The van der Waals surface area contributed by atoms with Crippen LogP contribution in [0.2, 0.25) is 0 Å². The number of imidazole rings is 1. The van der Waals surface area contributed by atoms with Gasteiger partial charge in [0.05, 0.1) is 28.2 Å². The number of carbonyl (C=O) groups excluding carboxylic acids is 1. The number of esters is 1. The minimum absolute atomic E-state index is 0.0821. The zero-order valence-corrected chi connectivity index (χ0v) is 26.1. The molecular formula is C41H32N4O2. The summed E-state index contributed by atoms with van der Waals surface area (Å²) in [5.41, 5.74) is 9.62. The van der Waals surface area contributed by atoms with Crippen LogP contribution in [-0.2, 0) is 9.53 Å². The summed E-state index contributed by atoms with van der Waals surface area (Å²) in [5, 5.41) is 5.07. The summed E-state index contributed by atoms with van der Waals surface area (Å²) in [5.74, 6) is 0.197. The van der Waals surface area contributed by atoms with Crippen LogP contribution in [0.3, 0.4) is 0 Å². The van der Waals surface area contributed by atoms with Gasteiger partial charge in [0.1, 0.15) is 17.6 Å². The molecule has 47 heavy (non-hydrogen) atoms. The highest BCUT2D eigenvalue weighted by Gasteiger charge is 2.34. The van der Waals surface area contributed by atoms with Crippen LogP contribution < -0.4 is 0 Å². The van der Waals surface area contributed by atoms with Gasteiger partial charge >= 0.3 is 5.97 Å². The first-order valence-electron chi connectivity index (χ1n) is 15.8. The molecule has 228 valence electrons. The molecule has 2 unspecified atom stereocenters. The summed E-state index contributed by atoms with van der Waals surface area (Å²) in [6.07, 6.45) is 11.5. The number of rotatable bonds is 6. The first-order chi connectivity index (χ1) is 23.0. The van der Waals surface area contributed by atoms with Gasteiger partial charge in [-0.15, -0.1) is 0 Å². The van der Waals surface area contributed by atoms with Crippen LogP contribution >= 0.6 is 0 Å². The molecule has 2 aromatic heterocycles. The lowest BCUT2D eigenvalue weighted by Gasteiger charge is -2.27. The number of aryl methyl sites for hydroxylation is 2. The molecule has 1 aliphatic carbocycles. The largest absolute Gasteiger partial charge is 0.454 e. The molecule has 2 aliphatic rings. The second-order valence-electron chi connectivity index (χ2n) is 12.0. The topological polar surface area (TPSA) is 61.9 Å². The van der Waals surface area contributed by atoms with E-state index in [2.05, 4.69) is 67.0 Å². The van der Waals surface area contributed by atoms with E-state index < -0.39 is 5.97 Å². The molecule has 0 fully saturated rings. The van der Waals surface area contributed by atoms with Gasteiger partial charge < -0.3 is 4.74 Å². The molecule has 6 heteroatoms. The fourth-order valence-corrected chi connectivity index (χ4v) is 6.54. The maximum atomic E-state index is 13.7. The Morgan fingerprint density at radius 2 is 1.34 bits per heavy atom. The molecule has 0 bridgehead atoms. The quantitative estimate of drug-likeness (QED) is 0.177. The number of hydrogen-bond acceptors (Lipinski definition) is 4. The van der Waals surface area contributed by atoms with E-state index in [9.17, 15) is 4.79 Å². The van der Waals surface area contributed by atoms with Crippen molar-refractivity contribution in [1.29, 1.82) is 0 Å². The number of nitrogens with zero attached hydrogens (tertiary/aromatic N) is 4. The molecule has 4 aromatic carbocycles. The normalized spacial score (nSPS) is 16.9. The highest BCUT2D eigenvalue weighted by atomic mass is 16.5. The summed E-state index contributed by atoms with van der Waals surface area (Å²) in [6.45, 7) is 4.22. The minimum atomic E-state index is -0.401. The third kappa shape index (κ3) is 5.24. The number of carbonyl (C=O) groups is 1. The summed E-state index contributed by atoms with van der Waals surface area (Å²) in [6, 6.07) is 37.1. The average molecular weight is 613 g/mol. The lowest BCUT2D eigenvalue weighted by atomic mass is 9.91. The molecule has 0 spiro atoms. The van der Waals surface area contributed by atoms with E-state index in [4.69, 9.17) is 14.8 Å². The van der Waals surface area contributed by atoms with Gasteiger partial charge in [0.2, 0.25) is 0 Å². The van der Waals surface area contributed by atoms with Gasteiger partial charge in [-0.2, -0.15) is 5.10 Å². The molecule has 8 rings (SSSR count). The Morgan fingerprint density at radius 3 is 2.04 bits per heavy atom. The molecule has 3 heterocycles. The second kappa shape index (κ2) is 11.7. The number of ether oxygens (including phenoxy) is 1. The first kappa shape index (κ1) is 28.5. The van der Waals surface area contributed by atoms with Crippen LogP contribution in [0.15, 0.2) is 146 Å². The van der Waals surface area contributed by atoms with Crippen LogP contribution in [0.5, 0.6) is 0 Å². The van der Waals surface area contributed by atoms with E-state index in [-0.39, 0.29) is 12.0 Å². The lowest BCUT2D eigenvalue weighted by molar-refractivity contribution is -0.141. The summed E-state index contributed by atoms with van der Waals surface area (Å²) in [4.78, 5) is 19.2. The number of hydrogen-bond donors (Lipinski definition) is 0. The van der Waals surface area contributed by atoms with Gasteiger partial charge in [0.25, 0.3) is 0 Å². The molecule has 0 radical (unpaired) electrons. The van der Waals surface area contributed by atoms with Crippen molar-refractivity contribution in [2.45, 2.75) is 20.0 Å². The monoisotopic (exact) mass is 612 g/mol. The van der Waals surface area contributed by atoms with Crippen molar-refractivity contribution in [2.24, 2.45) is 5.92 Å². The van der Waals surface area contributed by atoms with Crippen molar-refractivity contribution in [1.82, 2.24) is 19.3 Å². The number of para-hydroxylation sites is 1. The fourth-order valence-electron chi connectivity index (χ4n) is 6.54. The third-order valence-electron chi connectivity index (χ3n) is 8.61. The van der Waals surface area contributed by atoms with E-state index in [1.54, 1.807) is 0 Å². The Labute approximate surface area is 273 Å². The Kier molecular flexibility index (Phi) is 7.10. The minimum Gasteiger partial charge on any atom is -0.454 e. The van der Waals surface area contributed by atoms with Gasteiger partial charge in [-0.25, -0.2) is 14.5 Å².